The average molecular weight is 295 g/mol. The molecule has 1 aliphatic heterocycles. The van der Waals surface area contributed by atoms with Crippen LogP contribution in [0.1, 0.15) is 5.56 Å². The summed E-state index contributed by atoms with van der Waals surface area (Å²) in [6.45, 7) is 2.59. The van der Waals surface area contributed by atoms with Gasteiger partial charge in [0.15, 0.2) is 6.61 Å². The maximum atomic E-state index is 11.7. The van der Waals surface area contributed by atoms with Crippen LogP contribution in [0.25, 0.3) is 0 Å². The summed E-state index contributed by atoms with van der Waals surface area (Å²) in [6.07, 6.45) is 0. The molecule has 6 nitrogen and oxygen atoms in total. The third-order valence-electron chi connectivity index (χ3n) is 2.80. The second-order valence-corrected chi connectivity index (χ2v) is 4.75. The van der Waals surface area contributed by atoms with Crippen LogP contribution >= 0.6 is 12.2 Å². The number of benzene rings is 1. The van der Waals surface area contributed by atoms with Crippen LogP contribution in [0.15, 0.2) is 24.3 Å². The number of thiocarbonyl (C=S) groups is 1. The Bertz CT molecular complexity index is 472. The summed E-state index contributed by atoms with van der Waals surface area (Å²) in [6, 6.07) is 6.99. The molecule has 2 rings (SSSR count). The minimum atomic E-state index is -0.190. The number of carbonyl (C=O) groups excluding carboxylic acids is 1. The fourth-order valence-corrected chi connectivity index (χ4v) is 1.88. The van der Waals surface area contributed by atoms with Gasteiger partial charge in [-0.05, 0) is 24.3 Å². The smallest absolute Gasteiger partial charge is 0.272 e. The van der Waals surface area contributed by atoms with Gasteiger partial charge >= 0.3 is 0 Å². The van der Waals surface area contributed by atoms with Gasteiger partial charge in [-0.2, -0.15) is 0 Å². The van der Waals surface area contributed by atoms with Crippen LogP contribution in [0.3, 0.4) is 0 Å². The van der Waals surface area contributed by atoms with Crippen molar-refractivity contribution in [2.75, 3.05) is 32.9 Å². The van der Waals surface area contributed by atoms with Crippen molar-refractivity contribution in [3.63, 3.8) is 0 Å². The van der Waals surface area contributed by atoms with Gasteiger partial charge in [-0.15, -0.1) is 0 Å². The SMILES string of the molecule is NC(=S)c1ccc(OCC(=O)NN2CCOCC2)cc1. The van der Waals surface area contributed by atoms with Crippen molar-refractivity contribution >= 4 is 23.1 Å². The molecule has 0 spiro atoms. The summed E-state index contributed by atoms with van der Waals surface area (Å²) in [5.74, 6) is 0.410. The molecule has 1 aromatic rings. The van der Waals surface area contributed by atoms with Crippen molar-refractivity contribution < 1.29 is 14.3 Å². The second kappa shape index (κ2) is 7.18. The highest BCUT2D eigenvalue weighted by atomic mass is 32.1. The monoisotopic (exact) mass is 295 g/mol. The van der Waals surface area contributed by atoms with E-state index in [-0.39, 0.29) is 12.5 Å². The van der Waals surface area contributed by atoms with Crippen molar-refractivity contribution in [1.82, 2.24) is 10.4 Å². The van der Waals surface area contributed by atoms with E-state index in [0.717, 1.165) is 5.56 Å². The molecule has 0 aromatic heterocycles. The van der Waals surface area contributed by atoms with Gasteiger partial charge in [-0.25, -0.2) is 5.01 Å². The molecule has 0 radical (unpaired) electrons. The van der Waals surface area contributed by atoms with E-state index in [1.54, 1.807) is 24.3 Å². The van der Waals surface area contributed by atoms with E-state index in [9.17, 15) is 4.79 Å². The van der Waals surface area contributed by atoms with Gasteiger partial charge in [0.2, 0.25) is 0 Å². The van der Waals surface area contributed by atoms with Gasteiger partial charge in [0.25, 0.3) is 5.91 Å². The van der Waals surface area contributed by atoms with Crippen molar-refractivity contribution in [2.24, 2.45) is 5.73 Å². The van der Waals surface area contributed by atoms with Crippen LogP contribution in [-0.4, -0.2) is 48.8 Å². The van der Waals surface area contributed by atoms with Gasteiger partial charge in [0, 0.05) is 18.7 Å². The third kappa shape index (κ3) is 4.44. The first-order valence-electron chi connectivity index (χ1n) is 6.30. The Labute approximate surface area is 122 Å². The molecular weight excluding hydrogens is 278 g/mol. The number of morpholine rings is 1. The number of hydrogen-bond donors (Lipinski definition) is 2. The molecule has 7 heteroatoms. The van der Waals surface area contributed by atoms with Crippen molar-refractivity contribution in [3.05, 3.63) is 29.8 Å². The number of amides is 1. The molecular formula is C13H17N3O3S. The Morgan fingerprint density at radius 2 is 2.00 bits per heavy atom. The Balaban J connectivity index is 1.76. The van der Waals surface area contributed by atoms with E-state index in [4.69, 9.17) is 27.4 Å². The number of hydrazine groups is 1. The zero-order chi connectivity index (χ0) is 14.4. The largest absolute Gasteiger partial charge is 0.484 e. The summed E-state index contributed by atoms with van der Waals surface area (Å²) in [4.78, 5) is 12.0. The lowest BCUT2D eigenvalue weighted by molar-refractivity contribution is -0.130. The Hall–Kier alpha value is -1.70. The van der Waals surface area contributed by atoms with Gasteiger partial charge < -0.3 is 15.2 Å². The molecule has 0 atom stereocenters. The van der Waals surface area contributed by atoms with E-state index < -0.39 is 0 Å². The van der Waals surface area contributed by atoms with Crippen LogP contribution in [0.2, 0.25) is 0 Å². The molecule has 1 aliphatic rings. The summed E-state index contributed by atoms with van der Waals surface area (Å²) in [7, 11) is 0. The van der Waals surface area contributed by atoms with E-state index in [1.165, 1.54) is 0 Å². The highest BCUT2D eigenvalue weighted by Gasteiger charge is 2.13. The van der Waals surface area contributed by atoms with Crippen LogP contribution in [0.4, 0.5) is 0 Å². The first-order chi connectivity index (χ1) is 9.65. The van der Waals surface area contributed by atoms with Crippen LogP contribution in [-0.2, 0) is 9.53 Å². The fourth-order valence-electron chi connectivity index (χ4n) is 1.75. The number of nitrogens with two attached hydrogens (primary N) is 1. The normalized spacial score (nSPS) is 15.6. The number of ether oxygens (including phenoxy) is 2. The predicted molar refractivity (Wildman–Crippen MR) is 78.4 cm³/mol. The molecule has 108 valence electrons. The standard InChI is InChI=1S/C13H17N3O3S/c14-13(20)10-1-3-11(4-2-10)19-9-12(17)15-16-5-7-18-8-6-16/h1-4H,5-9H2,(H2,14,20)(H,15,17). The zero-order valence-electron chi connectivity index (χ0n) is 11.0. The Morgan fingerprint density at radius 3 is 2.60 bits per heavy atom. The molecule has 3 N–H and O–H groups in total. The average Bonchev–Trinajstić information content (AvgIpc) is 2.46. The van der Waals surface area contributed by atoms with E-state index in [2.05, 4.69) is 5.43 Å². The lowest BCUT2D eigenvalue weighted by Crippen LogP contribution is -2.49. The molecule has 0 aliphatic carbocycles. The van der Waals surface area contributed by atoms with Gasteiger partial charge in [-0.3, -0.25) is 10.2 Å². The Morgan fingerprint density at radius 1 is 1.35 bits per heavy atom. The molecule has 1 heterocycles. The van der Waals surface area contributed by atoms with Crippen molar-refractivity contribution in [1.29, 1.82) is 0 Å². The number of rotatable bonds is 5. The minimum absolute atomic E-state index is 0.0379. The molecule has 1 aromatic carbocycles. The second-order valence-electron chi connectivity index (χ2n) is 4.31. The maximum Gasteiger partial charge on any atom is 0.272 e. The van der Waals surface area contributed by atoms with Gasteiger partial charge in [0.1, 0.15) is 10.7 Å². The van der Waals surface area contributed by atoms with Crippen LogP contribution < -0.4 is 15.9 Å². The summed E-state index contributed by atoms with van der Waals surface area (Å²) in [5.41, 5.74) is 9.04. The molecule has 1 amide bonds. The Kier molecular flexibility index (Phi) is 5.28. The quantitative estimate of drug-likeness (QED) is 0.748. The number of carbonyl (C=O) groups is 1. The number of nitrogens with zero attached hydrogens (tertiary/aromatic N) is 1. The first kappa shape index (κ1) is 14.7. The van der Waals surface area contributed by atoms with E-state index in [0.29, 0.717) is 37.0 Å². The summed E-state index contributed by atoms with van der Waals surface area (Å²) in [5, 5.41) is 1.82. The molecule has 1 saturated heterocycles. The summed E-state index contributed by atoms with van der Waals surface area (Å²) < 4.78 is 10.6. The van der Waals surface area contributed by atoms with Gasteiger partial charge in [0.05, 0.1) is 13.2 Å². The zero-order valence-corrected chi connectivity index (χ0v) is 11.8. The number of nitrogens with one attached hydrogen (secondary N) is 1. The topological polar surface area (TPSA) is 76.8 Å². The molecule has 0 bridgehead atoms. The molecule has 20 heavy (non-hydrogen) atoms. The first-order valence-corrected chi connectivity index (χ1v) is 6.71. The highest BCUT2D eigenvalue weighted by Crippen LogP contribution is 2.11. The third-order valence-corrected chi connectivity index (χ3v) is 3.04. The maximum absolute atomic E-state index is 11.7. The highest BCUT2D eigenvalue weighted by molar-refractivity contribution is 7.80. The van der Waals surface area contributed by atoms with Crippen LogP contribution in [0, 0.1) is 0 Å². The summed E-state index contributed by atoms with van der Waals surface area (Å²) >= 11 is 4.86. The minimum Gasteiger partial charge on any atom is -0.484 e. The van der Waals surface area contributed by atoms with Crippen molar-refractivity contribution in [3.8, 4) is 5.75 Å². The van der Waals surface area contributed by atoms with E-state index in [1.807, 2.05) is 5.01 Å². The molecule has 0 unspecified atom stereocenters. The van der Waals surface area contributed by atoms with Gasteiger partial charge in [-0.1, -0.05) is 12.2 Å². The number of hydrogen-bond acceptors (Lipinski definition) is 5. The lowest BCUT2D eigenvalue weighted by atomic mass is 10.2. The fraction of sp³-hybridized carbons (Fsp3) is 0.385. The van der Waals surface area contributed by atoms with E-state index >= 15 is 0 Å². The van der Waals surface area contributed by atoms with Crippen molar-refractivity contribution in [2.45, 2.75) is 0 Å². The lowest BCUT2D eigenvalue weighted by Gasteiger charge is -2.26. The molecule has 1 fully saturated rings. The van der Waals surface area contributed by atoms with Crippen LogP contribution in [0.5, 0.6) is 5.75 Å². The molecule has 0 saturated carbocycles. The predicted octanol–water partition coefficient (Wildman–Crippen LogP) is 0.0630.